The molecule has 0 N–H and O–H groups in total. The molecule has 0 amide bonds. The molecule has 0 radical (unpaired) electrons. The van der Waals surface area contributed by atoms with Crippen LogP contribution < -0.4 is 0 Å². The summed E-state index contributed by atoms with van der Waals surface area (Å²) in [6, 6.07) is 0. The summed E-state index contributed by atoms with van der Waals surface area (Å²) in [4.78, 5) is 11.9. The molecular formula is C7H2F5IN2O2. The standard InChI is InChI=1S/C7H2F5IN2O2/c8-6(9)4-5(15(16)17)3(7(10,11)12)2(13)1-14-4/h1,6H. The number of halogens is 6. The molecule has 1 aromatic heterocycles. The Bertz CT molecular complexity index is 462. The Kier molecular flexibility index (Phi) is 3.84. The third-order valence-electron chi connectivity index (χ3n) is 1.71. The van der Waals surface area contributed by atoms with Crippen molar-refractivity contribution in [1.82, 2.24) is 4.98 Å². The van der Waals surface area contributed by atoms with Crippen molar-refractivity contribution in [2.45, 2.75) is 12.6 Å². The molecule has 0 aliphatic heterocycles. The fraction of sp³-hybridized carbons (Fsp3) is 0.286. The van der Waals surface area contributed by atoms with Crippen LogP contribution in [0.25, 0.3) is 0 Å². The second-order valence-electron chi connectivity index (χ2n) is 2.77. The Hall–Kier alpha value is -1.07. The zero-order chi connectivity index (χ0) is 13.4. The van der Waals surface area contributed by atoms with Crippen molar-refractivity contribution in [2.75, 3.05) is 0 Å². The van der Waals surface area contributed by atoms with E-state index in [1.54, 1.807) is 0 Å². The van der Waals surface area contributed by atoms with Gasteiger partial charge in [0.25, 0.3) is 6.43 Å². The molecule has 0 aromatic carbocycles. The normalized spacial score (nSPS) is 11.9. The van der Waals surface area contributed by atoms with Gasteiger partial charge in [-0.05, 0) is 22.6 Å². The van der Waals surface area contributed by atoms with E-state index < -0.39 is 38.0 Å². The first-order valence-electron chi connectivity index (χ1n) is 3.84. The first-order valence-corrected chi connectivity index (χ1v) is 4.92. The minimum atomic E-state index is -5.09. The van der Waals surface area contributed by atoms with E-state index in [1.165, 1.54) is 0 Å². The summed E-state index contributed by atoms with van der Waals surface area (Å²) in [5.74, 6) is 0. The highest BCUT2D eigenvalue weighted by atomic mass is 127. The Balaban J connectivity index is 3.67. The maximum Gasteiger partial charge on any atom is 0.424 e. The van der Waals surface area contributed by atoms with Crippen LogP contribution in [0.15, 0.2) is 6.20 Å². The largest absolute Gasteiger partial charge is 0.424 e. The number of hydrogen-bond acceptors (Lipinski definition) is 3. The molecule has 4 nitrogen and oxygen atoms in total. The van der Waals surface area contributed by atoms with Gasteiger partial charge in [-0.15, -0.1) is 0 Å². The van der Waals surface area contributed by atoms with E-state index in [1.807, 2.05) is 0 Å². The fourth-order valence-electron chi connectivity index (χ4n) is 1.11. The van der Waals surface area contributed by atoms with Crippen LogP contribution in [0.4, 0.5) is 27.6 Å². The molecule has 0 bridgehead atoms. The number of aromatic nitrogens is 1. The van der Waals surface area contributed by atoms with Gasteiger partial charge in [0.2, 0.25) is 0 Å². The Morgan fingerprint density at radius 2 is 1.94 bits per heavy atom. The van der Waals surface area contributed by atoms with Gasteiger partial charge in [0, 0.05) is 6.20 Å². The highest BCUT2D eigenvalue weighted by Crippen LogP contribution is 2.42. The van der Waals surface area contributed by atoms with Gasteiger partial charge in [0.15, 0.2) is 11.3 Å². The van der Waals surface area contributed by atoms with Crippen LogP contribution in [-0.2, 0) is 6.18 Å². The number of nitrogens with zero attached hydrogens (tertiary/aromatic N) is 2. The zero-order valence-corrected chi connectivity index (χ0v) is 9.79. The third kappa shape index (κ3) is 2.79. The molecule has 17 heavy (non-hydrogen) atoms. The van der Waals surface area contributed by atoms with Gasteiger partial charge in [0.1, 0.15) is 0 Å². The fourth-order valence-corrected chi connectivity index (χ4v) is 1.81. The van der Waals surface area contributed by atoms with Crippen molar-refractivity contribution >= 4 is 28.3 Å². The van der Waals surface area contributed by atoms with E-state index in [0.29, 0.717) is 6.20 Å². The van der Waals surface area contributed by atoms with Gasteiger partial charge in [-0.3, -0.25) is 10.1 Å². The minimum Gasteiger partial charge on any atom is -0.258 e. The lowest BCUT2D eigenvalue weighted by atomic mass is 10.1. The van der Waals surface area contributed by atoms with Gasteiger partial charge in [-0.1, -0.05) is 0 Å². The predicted molar refractivity (Wildman–Crippen MR) is 53.6 cm³/mol. The van der Waals surface area contributed by atoms with Crippen LogP contribution in [0, 0.1) is 13.7 Å². The molecule has 0 aliphatic carbocycles. The first-order chi connectivity index (χ1) is 7.66. The number of nitro groups is 1. The molecular weight excluding hydrogens is 366 g/mol. The Labute approximate surface area is 104 Å². The Morgan fingerprint density at radius 3 is 2.29 bits per heavy atom. The molecule has 1 aromatic rings. The van der Waals surface area contributed by atoms with Gasteiger partial charge in [-0.2, -0.15) is 13.2 Å². The lowest BCUT2D eigenvalue weighted by molar-refractivity contribution is -0.390. The summed E-state index contributed by atoms with van der Waals surface area (Å²) >= 11 is 1.15. The summed E-state index contributed by atoms with van der Waals surface area (Å²) in [6.07, 6.45) is -8.02. The monoisotopic (exact) mass is 368 g/mol. The number of rotatable bonds is 2. The predicted octanol–water partition coefficient (Wildman–Crippen LogP) is 3.55. The van der Waals surface area contributed by atoms with Gasteiger partial charge in [-0.25, -0.2) is 13.8 Å². The van der Waals surface area contributed by atoms with Crippen LogP contribution in [0.3, 0.4) is 0 Å². The molecule has 1 rings (SSSR count). The average molecular weight is 368 g/mol. The van der Waals surface area contributed by atoms with Crippen LogP contribution in [0.1, 0.15) is 17.7 Å². The molecule has 0 fully saturated rings. The summed E-state index contributed by atoms with van der Waals surface area (Å²) in [5, 5.41) is 10.5. The van der Waals surface area contributed by atoms with E-state index in [0.717, 1.165) is 22.6 Å². The maximum atomic E-state index is 12.5. The molecule has 94 valence electrons. The lowest BCUT2D eigenvalue weighted by Crippen LogP contribution is -2.14. The molecule has 10 heteroatoms. The van der Waals surface area contributed by atoms with E-state index in [2.05, 4.69) is 4.98 Å². The highest BCUT2D eigenvalue weighted by molar-refractivity contribution is 14.1. The van der Waals surface area contributed by atoms with Gasteiger partial charge in [0.05, 0.1) is 8.49 Å². The van der Waals surface area contributed by atoms with E-state index >= 15 is 0 Å². The first kappa shape index (κ1) is 14.0. The molecule has 0 spiro atoms. The molecule has 0 atom stereocenters. The topological polar surface area (TPSA) is 56.0 Å². The van der Waals surface area contributed by atoms with Crippen LogP contribution in [-0.4, -0.2) is 9.91 Å². The summed E-state index contributed by atoms with van der Waals surface area (Å²) in [7, 11) is 0. The van der Waals surface area contributed by atoms with Crippen molar-refractivity contribution in [3.05, 3.63) is 31.1 Å². The second-order valence-corrected chi connectivity index (χ2v) is 3.93. The highest BCUT2D eigenvalue weighted by Gasteiger charge is 2.44. The number of alkyl halides is 5. The quantitative estimate of drug-likeness (QED) is 0.347. The molecule has 0 unspecified atom stereocenters. The van der Waals surface area contributed by atoms with Crippen LogP contribution >= 0.6 is 22.6 Å². The van der Waals surface area contributed by atoms with Crippen molar-refractivity contribution in [3.63, 3.8) is 0 Å². The molecule has 0 saturated carbocycles. The second kappa shape index (κ2) is 4.66. The van der Waals surface area contributed by atoms with E-state index in [9.17, 15) is 32.1 Å². The Morgan fingerprint density at radius 1 is 1.41 bits per heavy atom. The average Bonchev–Trinajstić information content (AvgIpc) is 2.14. The molecule has 1 heterocycles. The lowest BCUT2D eigenvalue weighted by Gasteiger charge is -2.11. The third-order valence-corrected chi connectivity index (χ3v) is 2.53. The zero-order valence-electron chi connectivity index (χ0n) is 7.63. The molecule has 0 aliphatic rings. The van der Waals surface area contributed by atoms with Crippen molar-refractivity contribution in [1.29, 1.82) is 0 Å². The van der Waals surface area contributed by atoms with Crippen molar-refractivity contribution in [3.8, 4) is 0 Å². The van der Waals surface area contributed by atoms with Crippen molar-refractivity contribution in [2.24, 2.45) is 0 Å². The van der Waals surface area contributed by atoms with Gasteiger partial charge < -0.3 is 0 Å². The SMILES string of the molecule is O=[N+]([O-])c1c(C(F)F)ncc(I)c1C(F)(F)F. The number of pyridine rings is 1. The smallest absolute Gasteiger partial charge is 0.258 e. The van der Waals surface area contributed by atoms with E-state index in [4.69, 9.17) is 0 Å². The van der Waals surface area contributed by atoms with E-state index in [-0.39, 0.29) is 0 Å². The van der Waals surface area contributed by atoms with Crippen LogP contribution in [0.5, 0.6) is 0 Å². The minimum absolute atomic E-state index is 0.526. The van der Waals surface area contributed by atoms with Crippen molar-refractivity contribution < 1.29 is 26.9 Å². The van der Waals surface area contributed by atoms with Crippen LogP contribution in [0.2, 0.25) is 0 Å². The summed E-state index contributed by atoms with van der Waals surface area (Å²) in [6.45, 7) is 0. The maximum absolute atomic E-state index is 12.5. The van der Waals surface area contributed by atoms with Gasteiger partial charge >= 0.3 is 11.9 Å². The summed E-state index contributed by atoms with van der Waals surface area (Å²) in [5.41, 5.74) is -4.88. The molecule has 0 saturated heterocycles. The number of hydrogen-bond donors (Lipinski definition) is 0. The summed E-state index contributed by atoms with van der Waals surface area (Å²) < 4.78 is 61.7.